The number of nitrogens with one attached hydrogen (secondary N) is 2. The van der Waals surface area contributed by atoms with E-state index in [1.54, 1.807) is 23.6 Å². The molecule has 0 bridgehead atoms. The van der Waals surface area contributed by atoms with Gasteiger partial charge in [0, 0.05) is 11.0 Å². The van der Waals surface area contributed by atoms with Gasteiger partial charge in [0.05, 0.1) is 4.88 Å². The van der Waals surface area contributed by atoms with Crippen LogP contribution in [0.15, 0.2) is 41.1 Å². The number of carbonyl (C=O) groups is 2. The van der Waals surface area contributed by atoms with Crippen molar-refractivity contribution in [2.45, 2.75) is 0 Å². The molecule has 2 heterocycles. The Morgan fingerprint density at radius 2 is 1.83 bits per heavy atom. The van der Waals surface area contributed by atoms with Gasteiger partial charge in [-0.15, -0.1) is 22.7 Å². The molecule has 0 spiro atoms. The lowest BCUT2D eigenvalue weighted by Gasteiger charge is -2.02. The van der Waals surface area contributed by atoms with Gasteiger partial charge in [-0.25, -0.2) is 0 Å². The molecule has 2 N–H and O–H groups in total. The molecule has 0 fully saturated rings. The predicted molar refractivity (Wildman–Crippen MR) is 73.3 cm³/mol. The summed E-state index contributed by atoms with van der Waals surface area (Å²) in [6, 6.07) is 7.27. The molecule has 0 atom stereocenters. The summed E-state index contributed by atoms with van der Waals surface area (Å²) in [5.74, 6) is -0.684. The smallest absolute Gasteiger partial charge is 0.268 e. The van der Waals surface area contributed by atoms with Crippen molar-refractivity contribution in [1.29, 1.82) is 0 Å². The zero-order valence-corrected chi connectivity index (χ0v) is 10.9. The molecule has 6 heteroatoms. The average molecular weight is 278 g/mol. The number of thiophene rings is 2. The number of rotatable bonds is 3. The van der Waals surface area contributed by atoms with Crippen LogP contribution in [-0.4, -0.2) is 11.8 Å². The molecule has 2 aromatic heterocycles. The van der Waals surface area contributed by atoms with E-state index in [1.807, 2.05) is 17.5 Å². The van der Waals surface area contributed by atoms with Crippen LogP contribution >= 0.6 is 22.7 Å². The number of hydrogen-bond acceptors (Lipinski definition) is 4. The van der Waals surface area contributed by atoms with Crippen LogP contribution < -0.4 is 10.9 Å². The molecule has 0 saturated carbocycles. The van der Waals surface area contributed by atoms with E-state index in [9.17, 15) is 9.59 Å². The van der Waals surface area contributed by atoms with Gasteiger partial charge in [-0.05, 0) is 29.0 Å². The van der Waals surface area contributed by atoms with Gasteiger partial charge in [0.1, 0.15) is 0 Å². The minimum Gasteiger partial charge on any atom is -0.268 e. The molecule has 0 radical (unpaired) electrons. The fourth-order valence-corrected chi connectivity index (χ4v) is 2.41. The molecular formula is C12H10N2O2S2. The molecule has 0 saturated heterocycles. The van der Waals surface area contributed by atoms with Crippen molar-refractivity contribution in [3.8, 4) is 0 Å². The Hall–Kier alpha value is -1.92. The first-order valence-electron chi connectivity index (χ1n) is 5.11. The van der Waals surface area contributed by atoms with Gasteiger partial charge in [-0.2, -0.15) is 0 Å². The Kier molecular flexibility index (Phi) is 4.27. The third-order valence-corrected chi connectivity index (χ3v) is 3.69. The van der Waals surface area contributed by atoms with Crippen molar-refractivity contribution in [1.82, 2.24) is 10.9 Å². The number of carbonyl (C=O) groups excluding carboxylic acids is 2. The average Bonchev–Trinajstić information content (AvgIpc) is 3.05. The molecule has 0 aliphatic rings. The van der Waals surface area contributed by atoms with Crippen molar-refractivity contribution >= 4 is 40.6 Å². The Morgan fingerprint density at radius 3 is 2.50 bits per heavy atom. The van der Waals surface area contributed by atoms with Gasteiger partial charge < -0.3 is 0 Å². The standard InChI is InChI=1S/C12H10N2O2S2/c15-11(6-5-9-3-1-7-17-9)13-14-12(16)10-4-2-8-18-10/h1-8H,(H,13,15)(H,14,16)/b6-5+. The van der Waals surface area contributed by atoms with E-state index >= 15 is 0 Å². The van der Waals surface area contributed by atoms with Crippen LogP contribution in [0.2, 0.25) is 0 Å². The second-order valence-electron chi connectivity index (χ2n) is 3.27. The fraction of sp³-hybridized carbons (Fsp3) is 0. The summed E-state index contributed by atoms with van der Waals surface area (Å²) < 4.78 is 0. The molecule has 92 valence electrons. The second kappa shape index (κ2) is 6.13. The minimum absolute atomic E-state index is 0.317. The van der Waals surface area contributed by atoms with E-state index in [0.29, 0.717) is 4.88 Å². The molecule has 0 unspecified atom stereocenters. The SMILES string of the molecule is O=C(/C=C/c1cccs1)NNC(=O)c1cccs1. The maximum atomic E-state index is 11.5. The van der Waals surface area contributed by atoms with E-state index in [2.05, 4.69) is 10.9 Å². The summed E-state index contributed by atoms with van der Waals surface area (Å²) in [6.07, 6.45) is 3.07. The van der Waals surface area contributed by atoms with Gasteiger partial charge in [0.25, 0.3) is 11.8 Å². The summed E-state index contributed by atoms with van der Waals surface area (Å²) in [6.45, 7) is 0. The first-order chi connectivity index (χ1) is 8.75. The molecule has 0 aliphatic carbocycles. The van der Waals surface area contributed by atoms with Crippen LogP contribution in [0.3, 0.4) is 0 Å². The highest BCUT2D eigenvalue weighted by Gasteiger charge is 2.05. The number of hydrazine groups is 1. The Labute approximate surface area is 112 Å². The Balaban J connectivity index is 1.80. The summed E-state index contributed by atoms with van der Waals surface area (Å²) in [5, 5.41) is 3.73. The fourth-order valence-electron chi connectivity index (χ4n) is 1.17. The zero-order chi connectivity index (χ0) is 12.8. The van der Waals surface area contributed by atoms with Crippen molar-refractivity contribution in [3.05, 3.63) is 50.9 Å². The topological polar surface area (TPSA) is 58.2 Å². The van der Waals surface area contributed by atoms with Crippen molar-refractivity contribution < 1.29 is 9.59 Å². The van der Waals surface area contributed by atoms with Crippen molar-refractivity contribution in [2.75, 3.05) is 0 Å². The van der Waals surface area contributed by atoms with Gasteiger partial charge in [-0.3, -0.25) is 20.4 Å². The molecule has 0 aliphatic heterocycles. The largest absolute Gasteiger partial charge is 0.279 e. The third kappa shape index (κ3) is 3.54. The normalized spacial score (nSPS) is 10.4. The van der Waals surface area contributed by atoms with E-state index in [0.717, 1.165) is 4.88 Å². The Bertz CT molecular complexity index is 545. The maximum Gasteiger partial charge on any atom is 0.279 e. The molecule has 2 rings (SSSR count). The van der Waals surface area contributed by atoms with Gasteiger partial charge in [-0.1, -0.05) is 12.1 Å². The molecular weight excluding hydrogens is 268 g/mol. The van der Waals surface area contributed by atoms with E-state index < -0.39 is 0 Å². The van der Waals surface area contributed by atoms with Crippen LogP contribution in [0.5, 0.6) is 0 Å². The monoisotopic (exact) mass is 278 g/mol. The van der Waals surface area contributed by atoms with E-state index in [-0.39, 0.29) is 11.8 Å². The van der Waals surface area contributed by atoms with Crippen LogP contribution in [-0.2, 0) is 4.79 Å². The molecule has 2 aromatic rings. The van der Waals surface area contributed by atoms with Crippen molar-refractivity contribution in [3.63, 3.8) is 0 Å². The molecule has 18 heavy (non-hydrogen) atoms. The zero-order valence-electron chi connectivity index (χ0n) is 9.25. The van der Waals surface area contributed by atoms with Crippen LogP contribution in [0.4, 0.5) is 0 Å². The highest BCUT2D eigenvalue weighted by atomic mass is 32.1. The molecule has 0 aromatic carbocycles. The number of amides is 2. The molecule has 2 amide bonds. The summed E-state index contributed by atoms with van der Waals surface area (Å²) in [4.78, 5) is 24.4. The Morgan fingerprint density at radius 1 is 1.06 bits per heavy atom. The first kappa shape index (κ1) is 12.5. The maximum absolute atomic E-state index is 11.5. The summed E-state index contributed by atoms with van der Waals surface area (Å²) in [7, 11) is 0. The predicted octanol–water partition coefficient (Wildman–Crippen LogP) is 2.28. The highest BCUT2D eigenvalue weighted by Crippen LogP contribution is 2.10. The van der Waals surface area contributed by atoms with Crippen molar-refractivity contribution in [2.24, 2.45) is 0 Å². The summed E-state index contributed by atoms with van der Waals surface area (Å²) in [5.41, 5.74) is 4.66. The van der Waals surface area contributed by atoms with Gasteiger partial charge in [0.15, 0.2) is 0 Å². The van der Waals surface area contributed by atoms with Crippen LogP contribution in [0, 0.1) is 0 Å². The highest BCUT2D eigenvalue weighted by molar-refractivity contribution is 7.12. The second-order valence-corrected chi connectivity index (χ2v) is 5.20. The van der Waals surface area contributed by atoms with E-state index in [4.69, 9.17) is 0 Å². The van der Waals surface area contributed by atoms with E-state index in [1.165, 1.54) is 28.7 Å². The lowest BCUT2D eigenvalue weighted by Crippen LogP contribution is -2.40. The van der Waals surface area contributed by atoms with Gasteiger partial charge in [0.2, 0.25) is 0 Å². The third-order valence-electron chi connectivity index (χ3n) is 1.99. The lowest BCUT2D eigenvalue weighted by molar-refractivity contribution is -0.117. The number of hydrogen-bond donors (Lipinski definition) is 2. The first-order valence-corrected chi connectivity index (χ1v) is 6.87. The van der Waals surface area contributed by atoms with Crippen LogP contribution in [0.1, 0.15) is 14.5 Å². The van der Waals surface area contributed by atoms with Crippen LogP contribution in [0.25, 0.3) is 6.08 Å². The summed E-state index contributed by atoms with van der Waals surface area (Å²) >= 11 is 2.85. The quantitative estimate of drug-likeness (QED) is 0.668. The lowest BCUT2D eigenvalue weighted by atomic mass is 10.4. The molecule has 4 nitrogen and oxygen atoms in total. The van der Waals surface area contributed by atoms with Gasteiger partial charge >= 0.3 is 0 Å². The minimum atomic E-state index is -0.367.